The smallest absolute Gasteiger partial charge is 0.316 e. The molecule has 3 saturated carbocycles. The van der Waals surface area contributed by atoms with Gasteiger partial charge in [0.15, 0.2) is 4.34 Å². The number of esters is 1. The van der Waals surface area contributed by atoms with Gasteiger partial charge < -0.3 is 9.84 Å². The Morgan fingerprint density at radius 1 is 1.21 bits per heavy atom. The van der Waals surface area contributed by atoms with Gasteiger partial charge in [0.05, 0.1) is 18.4 Å². The Morgan fingerprint density at radius 2 is 1.95 bits per heavy atom. The number of aromatic nitrogens is 2. The van der Waals surface area contributed by atoms with Crippen molar-refractivity contribution in [3.8, 4) is 0 Å². The molecule has 2 heterocycles. The number of hydrogen-bond donors (Lipinski definition) is 2. The van der Waals surface area contributed by atoms with Gasteiger partial charge in [-0.05, 0) is 68.9 Å². The van der Waals surface area contributed by atoms with Crippen molar-refractivity contribution in [3.63, 3.8) is 0 Å². The summed E-state index contributed by atoms with van der Waals surface area (Å²) in [4.78, 5) is 41.5. The average molecular weight is 619 g/mol. The van der Waals surface area contributed by atoms with Crippen molar-refractivity contribution in [2.24, 2.45) is 34.0 Å². The van der Waals surface area contributed by atoms with Crippen LogP contribution in [0, 0.1) is 34.0 Å². The highest BCUT2D eigenvalue weighted by molar-refractivity contribution is 8.01. The number of piperidine rings is 1. The third-order valence-corrected chi connectivity index (χ3v) is 13.3. The van der Waals surface area contributed by atoms with E-state index in [0.717, 1.165) is 45.2 Å². The van der Waals surface area contributed by atoms with E-state index in [9.17, 15) is 19.5 Å². The van der Waals surface area contributed by atoms with Crippen LogP contribution in [0.3, 0.4) is 0 Å². The minimum Gasteiger partial charge on any atom is -0.461 e. The van der Waals surface area contributed by atoms with Gasteiger partial charge in [-0.25, -0.2) is 0 Å². The van der Waals surface area contributed by atoms with Crippen LogP contribution in [0.1, 0.15) is 79.1 Å². The molecule has 3 aliphatic carbocycles. The molecule has 4 fully saturated rings. The number of hydrogen-bond acceptors (Lipinski definition) is 10. The summed E-state index contributed by atoms with van der Waals surface area (Å²) in [5.41, 5.74) is -1.51. The topological polar surface area (TPSA) is 122 Å². The molecule has 11 heteroatoms. The van der Waals surface area contributed by atoms with Crippen LogP contribution in [0.4, 0.5) is 5.13 Å². The first-order valence-corrected chi connectivity index (χ1v) is 17.3. The van der Waals surface area contributed by atoms with Crippen molar-refractivity contribution in [2.45, 2.75) is 95.6 Å². The highest BCUT2D eigenvalue weighted by atomic mass is 32.2. The summed E-state index contributed by atoms with van der Waals surface area (Å²) in [7, 11) is 0. The zero-order valence-electron chi connectivity index (χ0n) is 25.4. The Labute approximate surface area is 257 Å². The van der Waals surface area contributed by atoms with E-state index >= 15 is 0 Å². The number of carbonyl (C=O) groups is 3. The second kappa shape index (κ2) is 12.3. The lowest BCUT2D eigenvalue weighted by atomic mass is 9.44. The number of ether oxygens (including phenoxy) is 1. The maximum Gasteiger partial charge on any atom is 0.316 e. The lowest BCUT2D eigenvalue weighted by molar-refractivity contribution is -0.205. The molecule has 4 aliphatic rings. The number of aliphatic hydroxyl groups excluding tert-OH is 1. The Morgan fingerprint density at radius 3 is 2.67 bits per heavy atom. The van der Waals surface area contributed by atoms with Crippen molar-refractivity contribution < 1.29 is 24.2 Å². The van der Waals surface area contributed by atoms with E-state index in [-0.39, 0.29) is 46.6 Å². The highest BCUT2D eigenvalue weighted by Crippen LogP contribution is 2.68. The number of nitrogens with one attached hydrogen (secondary N) is 1. The Kier molecular flexibility index (Phi) is 9.24. The van der Waals surface area contributed by atoms with Crippen LogP contribution < -0.4 is 5.32 Å². The summed E-state index contributed by atoms with van der Waals surface area (Å²) in [6.45, 7) is 14.7. The Hall–Kier alpha value is -1.82. The fourth-order valence-corrected chi connectivity index (χ4v) is 10.2. The van der Waals surface area contributed by atoms with Gasteiger partial charge in [0.2, 0.25) is 11.0 Å². The van der Waals surface area contributed by atoms with Crippen LogP contribution >= 0.6 is 23.1 Å². The van der Waals surface area contributed by atoms with Crippen molar-refractivity contribution >= 4 is 45.9 Å². The fraction of sp³-hybridized carbons (Fsp3) is 0.774. The molecule has 232 valence electrons. The quantitative estimate of drug-likeness (QED) is 0.180. The SMILES string of the molecule is C=C[C@]1(C)C[C@@H](OC(=O)CSc2nnc(NC(=O)CN3CCCCC3)s2)[C@]2(C)[C@H](C)CC[C@]3(CCC(=O)[C@H]32)[C@@H](C)[C@@H]1O. The van der Waals surface area contributed by atoms with Gasteiger partial charge in [0, 0.05) is 23.2 Å². The number of aliphatic hydroxyl groups is 1. The summed E-state index contributed by atoms with van der Waals surface area (Å²) in [6.07, 6.45) is 7.54. The Bertz CT molecular complexity index is 1200. The normalized spacial score (nSPS) is 38.7. The van der Waals surface area contributed by atoms with Crippen LogP contribution in [-0.2, 0) is 19.1 Å². The lowest BCUT2D eigenvalue weighted by Gasteiger charge is -2.61. The fourth-order valence-electron chi connectivity index (χ4n) is 8.61. The van der Waals surface area contributed by atoms with Crippen molar-refractivity contribution in [1.82, 2.24) is 15.1 Å². The second-order valence-electron chi connectivity index (χ2n) is 13.6. The molecule has 9 nitrogen and oxygen atoms in total. The number of likely N-dealkylation sites (tertiary alicyclic amines) is 1. The molecule has 1 amide bonds. The monoisotopic (exact) mass is 618 g/mol. The molecule has 8 atom stereocenters. The third kappa shape index (κ3) is 5.71. The Balaban J connectivity index is 1.28. The molecular weight excluding hydrogens is 572 g/mol. The predicted molar refractivity (Wildman–Crippen MR) is 164 cm³/mol. The van der Waals surface area contributed by atoms with Crippen molar-refractivity contribution in [3.05, 3.63) is 12.7 Å². The molecule has 1 saturated heterocycles. The van der Waals surface area contributed by atoms with Crippen molar-refractivity contribution in [2.75, 3.05) is 30.7 Å². The maximum absolute atomic E-state index is 13.6. The third-order valence-electron chi connectivity index (χ3n) is 11.4. The zero-order chi connectivity index (χ0) is 30.3. The highest BCUT2D eigenvalue weighted by Gasteiger charge is 2.68. The van der Waals surface area contributed by atoms with Crippen LogP contribution in [0.25, 0.3) is 0 Å². The first-order valence-electron chi connectivity index (χ1n) is 15.5. The molecule has 1 aromatic rings. The second-order valence-corrected chi connectivity index (χ2v) is 15.8. The number of nitrogens with zero attached hydrogens (tertiary/aromatic N) is 3. The molecule has 2 bridgehead atoms. The van der Waals surface area contributed by atoms with Gasteiger partial charge >= 0.3 is 5.97 Å². The van der Waals surface area contributed by atoms with Gasteiger partial charge in [-0.3, -0.25) is 24.6 Å². The first kappa shape index (κ1) is 31.6. The van der Waals surface area contributed by atoms with E-state index < -0.39 is 23.0 Å². The number of Topliss-reactive ketones (excluding diaryl/α,β-unsaturated/α-hetero) is 1. The van der Waals surface area contributed by atoms with E-state index in [4.69, 9.17) is 4.74 Å². The van der Waals surface area contributed by atoms with Crippen LogP contribution in [0.5, 0.6) is 0 Å². The number of amides is 1. The predicted octanol–water partition coefficient (Wildman–Crippen LogP) is 4.96. The number of rotatable bonds is 8. The largest absolute Gasteiger partial charge is 0.461 e. The molecule has 0 unspecified atom stereocenters. The van der Waals surface area contributed by atoms with Gasteiger partial charge in [0.25, 0.3) is 0 Å². The van der Waals surface area contributed by atoms with Gasteiger partial charge in [-0.1, -0.05) is 63.3 Å². The zero-order valence-corrected chi connectivity index (χ0v) is 27.0. The molecule has 2 N–H and O–H groups in total. The van der Waals surface area contributed by atoms with Gasteiger partial charge in [0.1, 0.15) is 11.9 Å². The molecular formula is C31H46N4O5S2. The lowest BCUT2D eigenvalue weighted by Crippen LogP contribution is -2.63. The summed E-state index contributed by atoms with van der Waals surface area (Å²) >= 11 is 2.47. The maximum atomic E-state index is 13.6. The van der Waals surface area contributed by atoms with Gasteiger partial charge in [-0.15, -0.1) is 16.8 Å². The molecule has 1 aromatic heterocycles. The van der Waals surface area contributed by atoms with E-state index in [1.165, 1.54) is 29.5 Å². The summed E-state index contributed by atoms with van der Waals surface area (Å²) in [6, 6.07) is 0. The summed E-state index contributed by atoms with van der Waals surface area (Å²) in [5, 5.41) is 23.2. The summed E-state index contributed by atoms with van der Waals surface area (Å²) < 4.78 is 6.88. The van der Waals surface area contributed by atoms with E-state index in [0.29, 0.717) is 28.9 Å². The molecule has 42 heavy (non-hydrogen) atoms. The number of anilines is 1. The minimum absolute atomic E-state index is 0.0326. The molecule has 0 spiro atoms. The van der Waals surface area contributed by atoms with E-state index in [1.807, 2.05) is 13.0 Å². The van der Waals surface area contributed by atoms with Crippen LogP contribution in [0.2, 0.25) is 0 Å². The average Bonchev–Trinajstić information content (AvgIpc) is 3.57. The number of thioether (sulfide) groups is 1. The van der Waals surface area contributed by atoms with E-state index in [1.54, 1.807) is 0 Å². The molecule has 1 aliphatic heterocycles. The standard InChI is InChI=1S/C31H46N4O5S2/c1-6-29(4)16-22(30(5)19(2)10-12-31(20(3)26(29)39)13-11-21(36)25(30)31)40-24(38)18-41-28-34-33-27(42-28)32-23(37)17-35-14-8-7-9-15-35/h6,19-20,22,25-26,39H,1,7-18H2,2-5H3,(H,32,33,37)/t19-,20+,22-,25+,26+,29-,30+,31+/m1/s1. The minimum atomic E-state index is -0.693. The van der Waals surface area contributed by atoms with Crippen LogP contribution in [0.15, 0.2) is 17.0 Å². The number of carbonyl (C=O) groups excluding carboxylic acids is 3. The molecule has 5 rings (SSSR count). The molecule has 0 aromatic carbocycles. The number of ketones is 1. The summed E-state index contributed by atoms with van der Waals surface area (Å²) in [5.74, 6) is -0.364. The van der Waals surface area contributed by atoms with Crippen molar-refractivity contribution in [1.29, 1.82) is 0 Å². The van der Waals surface area contributed by atoms with Gasteiger partial charge in [-0.2, -0.15) is 0 Å². The van der Waals surface area contributed by atoms with Crippen LogP contribution in [-0.4, -0.2) is 75.5 Å². The first-order chi connectivity index (χ1) is 19.9. The molecule has 0 radical (unpaired) electrons. The van der Waals surface area contributed by atoms with E-state index in [2.05, 4.69) is 47.8 Å².